The molecule has 0 unspecified atom stereocenters. The summed E-state index contributed by atoms with van der Waals surface area (Å²) in [6.45, 7) is 3.68. The van der Waals surface area contributed by atoms with Gasteiger partial charge in [-0.05, 0) is 32.4 Å². The third-order valence-corrected chi connectivity index (χ3v) is 5.79. The molecule has 0 spiro atoms. The van der Waals surface area contributed by atoms with E-state index in [9.17, 15) is 13.2 Å². The first kappa shape index (κ1) is 16.4. The van der Waals surface area contributed by atoms with Gasteiger partial charge in [0.15, 0.2) is 15.6 Å². The van der Waals surface area contributed by atoms with Crippen molar-refractivity contribution in [1.29, 1.82) is 0 Å². The van der Waals surface area contributed by atoms with E-state index in [1.807, 2.05) is 13.8 Å². The number of hydrazone groups is 1. The molecule has 3 rings (SSSR count). The monoisotopic (exact) mass is 350 g/mol. The zero-order valence-electron chi connectivity index (χ0n) is 13.4. The number of hydrogen-bond acceptors (Lipinski definition) is 6. The van der Waals surface area contributed by atoms with Gasteiger partial charge in [0.1, 0.15) is 0 Å². The van der Waals surface area contributed by atoms with Gasteiger partial charge in [0.05, 0.1) is 35.7 Å². The molecule has 128 valence electrons. The normalized spacial score (nSPS) is 19.8. The summed E-state index contributed by atoms with van der Waals surface area (Å²) < 4.78 is 30.0. The molecule has 1 fully saturated rings. The number of sulfone groups is 1. The summed E-state index contributed by atoms with van der Waals surface area (Å²) in [6, 6.07) is 3.01. The standard InChI is InChI=1S/C15H18N4O4S/c1-10-13(8-16-17-15(20)14-4-3-6-23-14)11(2)19(18-10)12-5-7-24(21,22)9-12/h3-4,6,8,12H,5,7,9H2,1-2H3,(H,17,20)/b16-8-/t12-/m1/s1. The highest BCUT2D eigenvalue weighted by Crippen LogP contribution is 2.26. The Morgan fingerprint density at radius 2 is 2.29 bits per heavy atom. The molecule has 24 heavy (non-hydrogen) atoms. The summed E-state index contributed by atoms with van der Waals surface area (Å²) in [5.74, 6) is 0.0349. The number of carbonyl (C=O) groups is 1. The molecule has 8 nitrogen and oxygen atoms in total. The Labute approximate surface area is 139 Å². The third kappa shape index (κ3) is 3.25. The number of furan rings is 1. The Morgan fingerprint density at radius 1 is 1.50 bits per heavy atom. The summed E-state index contributed by atoms with van der Waals surface area (Å²) in [5.41, 5.74) is 4.70. The molecule has 1 aliphatic rings. The Kier molecular flexibility index (Phi) is 4.27. The predicted octanol–water partition coefficient (Wildman–Crippen LogP) is 1.22. The zero-order valence-corrected chi connectivity index (χ0v) is 14.2. The molecule has 0 bridgehead atoms. The van der Waals surface area contributed by atoms with E-state index >= 15 is 0 Å². The molecule has 1 amide bonds. The second-order valence-electron chi connectivity index (χ2n) is 5.76. The highest BCUT2D eigenvalue weighted by molar-refractivity contribution is 7.91. The minimum Gasteiger partial charge on any atom is -0.459 e. The molecule has 0 saturated carbocycles. The van der Waals surface area contributed by atoms with Crippen LogP contribution in [0.3, 0.4) is 0 Å². The summed E-state index contributed by atoms with van der Waals surface area (Å²) in [7, 11) is -2.98. The van der Waals surface area contributed by atoms with E-state index in [4.69, 9.17) is 4.42 Å². The number of hydrogen-bond donors (Lipinski definition) is 1. The van der Waals surface area contributed by atoms with Gasteiger partial charge in [-0.15, -0.1) is 0 Å². The third-order valence-electron chi connectivity index (χ3n) is 4.04. The van der Waals surface area contributed by atoms with Crippen molar-refractivity contribution in [2.24, 2.45) is 5.10 Å². The Balaban J connectivity index is 1.75. The van der Waals surface area contributed by atoms with Crippen molar-refractivity contribution in [3.63, 3.8) is 0 Å². The van der Waals surface area contributed by atoms with E-state index < -0.39 is 15.7 Å². The Bertz CT molecular complexity index is 881. The summed E-state index contributed by atoms with van der Waals surface area (Å²) >= 11 is 0. The number of carbonyl (C=O) groups excluding carboxylic acids is 1. The summed E-state index contributed by atoms with van der Waals surface area (Å²) in [5, 5.41) is 8.37. The number of amides is 1. The molecular formula is C15H18N4O4S. The van der Waals surface area contributed by atoms with Crippen LogP contribution in [-0.4, -0.2) is 41.8 Å². The van der Waals surface area contributed by atoms with Gasteiger partial charge >= 0.3 is 5.91 Å². The molecule has 2 aromatic rings. The van der Waals surface area contributed by atoms with Crippen LogP contribution in [0.25, 0.3) is 0 Å². The van der Waals surface area contributed by atoms with E-state index in [1.54, 1.807) is 16.8 Å². The second-order valence-corrected chi connectivity index (χ2v) is 7.99. The highest BCUT2D eigenvalue weighted by atomic mass is 32.2. The number of nitrogens with zero attached hydrogens (tertiary/aromatic N) is 3. The smallest absolute Gasteiger partial charge is 0.307 e. The molecule has 2 aromatic heterocycles. The maximum atomic E-state index is 11.7. The number of rotatable bonds is 4. The van der Waals surface area contributed by atoms with Crippen LogP contribution in [0.15, 0.2) is 27.9 Å². The second kappa shape index (κ2) is 6.23. The first-order valence-corrected chi connectivity index (χ1v) is 9.32. The highest BCUT2D eigenvalue weighted by Gasteiger charge is 2.31. The van der Waals surface area contributed by atoms with E-state index in [-0.39, 0.29) is 23.3 Å². The lowest BCUT2D eigenvalue weighted by atomic mass is 10.2. The van der Waals surface area contributed by atoms with E-state index in [2.05, 4.69) is 15.6 Å². The van der Waals surface area contributed by atoms with Crippen LogP contribution in [0.4, 0.5) is 0 Å². The van der Waals surface area contributed by atoms with E-state index in [0.29, 0.717) is 6.42 Å². The van der Waals surface area contributed by atoms with Crippen LogP contribution >= 0.6 is 0 Å². The molecule has 0 radical (unpaired) electrons. The van der Waals surface area contributed by atoms with Crippen LogP contribution in [-0.2, 0) is 9.84 Å². The van der Waals surface area contributed by atoms with Gasteiger partial charge in [-0.2, -0.15) is 10.2 Å². The lowest BCUT2D eigenvalue weighted by Gasteiger charge is -2.10. The van der Waals surface area contributed by atoms with Crippen molar-refractivity contribution >= 4 is 22.0 Å². The fourth-order valence-electron chi connectivity index (χ4n) is 2.80. The van der Waals surface area contributed by atoms with Crippen LogP contribution in [0.1, 0.15) is 40.0 Å². The van der Waals surface area contributed by atoms with Gasteiger partial charge in [0.2, 0.25) is 0 Å². The largest absolute Gasteiger partial charge is 0.459 e. The van der Waals surface area contributed by atoms with Crippen molar-refractivity contribution in [2.45, 2.75) is 26.3 Å². The molecule has 1 saturated heterocycles. The van der Waals surface area contributed by atoms with Crippen LogP contribution < -0.4 is 5.43 Å². The minimum absolute atomic E-state index is 0.112. The van der Waals surface area contributed by atoms with Crippen molar-refractivity contribution in [3.8, 4) is 0 Å². The van der Waals surface area contributed by atoms with Crippen molar-refractivity contribution in [3.05, 3.63) is 41.1 Å². The maximum Gasteiger partial charge on any atom is 0.307 e. The van der Waals surface area contributed by atoms with Gasteiger partial charge in [0.25, 0.3) is 0 Å². The van der Waals surface area contributed by atoms with E-state index in [1.165, 1.54) is 12.5 Å². The summed E-state index contributed by atoms with van der Waals surface area (Å²) in [6.07, 6.45) is 3.49. The minimum atomic E-state index is -2.98. The Hall–Kier alpha value is -2.42. The molecule has 3 heterocycles. The van der Waals surface area contributed by atoms with Gasteiger partial charge < -0.3 is 4.42 Å². The molecule has 1 N–H and O–H groups in total. The first-order valence-electron chi connectivity index (χ1n) is 7.50. The molecule has 1 atom stereocenters. The average Bonchev–Trinajstić information content (AvgIpc) is 3.22. The fourth-order valence-corrected chi connectivity index (χ4v) is 4.50. The van der Waals surface area contributed by atoms with Crippen LogP contribution in [0.5, 0.6) is 0 Å². The van der Waals surface area contributed by atoms with E-state index in [0.717, 1.165) is 17.0 Å². The van der Waals surface area contributed by atoms with Crippen molar-refractivity contribution in [2.75, 3.05) is 11.5 Å². The lowest BCUT2D eigenvalue weighted by Crippen LogP contribution is -2.17. The van der Waals surface area contributed by atoms with Crippen molar-refractivity contribution < 1.29 is 17.6 Å². The summed E-state index contributed by atoms with van der Waals surface area (Å²) in [4.78, 5) is 11.7. The van der Waals surface area contributed by atoms with Gasteiger partial charge in [-0.1, -0.05) is 0 Å². The fraction of sp³-hybridized carbons (Fsp3) is 0.400. The Morgan fingerprint density at radius 3 is 2.92 bits per heavy atom. The zero-order chi connectivity index (χ0) is 17.3. The number of aromatic nitrogens is 2. The van der Waals surface area contributed by atoms with Crippen LogP contribution in [0.2, 0.25) is 0 Å². The topological polar surface area (TPSA) is 107 Å². The maximum absolute atomic E-state index is 11.7. The SMILES string of the molecule is Cc1nn([C@@H]2CCS(=O)(=O)C2)c(C)c1/C=N\NC(=O)c1ccco1. The van der Waals surface area contributed by atoms with Crippen molar-refractivity contribution in [1.82, 2.24) is 15.2 Å². The number of nitrogens with one attached hydrogen (secondary N) is 1. The average molecular weight is 350 g/mol. The van der Waals surface area contributed by atoms with Crippen LogP contribution in [0, 0.1) is 13.8 Å². The molecule has 0 aromatic carbocycles. The molecule has 0 aliphatic carbocycles. The van der Waals surface area contributed by atoms with Gasteiger partial charge in [-0.3, -0.25) is 9.48 Å². The quantitative estimate of drug-likeness (QED) is 0.659. The molecule has 9 heteroatoms. The lowest BCUT2D eigenvalue weighted by molar-refractivity contribution is 0.0927. The number of aryl methyl sites for hydroxylation is 1. The molecular weight excluding hydrogens is 332 g/mol. The molecule has 1 aliphatic heterocycles. The van der Waals surface area contributed by atoms with Gasteiger partial charge in [-0.25, -0.2) is 13.8 Å². The first-order chi connectivity index (χ1) is 11.4. The predicted molar refractivity (Wildman–Crippen MR) is 87.8 cm³/mol. The van der Waals surface area contributed by atoms with Gasteiger partial charge in [0, 0.05) is 11.3 Å².